The van der Waals surface area contributed by atoms with E-state index in [-0.39, 0.29) is 18.4 Å². The number of fused-ring (bicyclic) bond motifs is 1. The van der Waals surface area contributed by atoms with Crippen molar-refractivity contribution in [1.82, 2.24) is 9.88 Å². The van der Waals surface area contributed by atoms with Crippen LogP contribution in [-0.2, 0) is 4.79 Å². The van der Waals surface area contributed by atoms with E-state index in [1.807, 2.05) is 0 Å². The molecule has 0 bridgehead atoms. The number of allylic oxidation sites excluding steroid dienone is 2. The predicted molar refractivity (Wildman–Crippen MR) is 85.5 cm³/mol. The topological polar surface area (TPSA) is 96.3 Å². The van der Waals surface area contributed by atoms with E-state index < -0.39 is 28.0 Å². The number of aldehydes is 1. The predicted octanol–water partition coefficient (Wildman–Crippen LogP) is 2.59. The molecule has 2 rings (SSSR count). The average molecular weight is 349 g/mol. The molecule has 0 unspecified atom stereocenters. The van der Waals surface area contributed by atoms with Gasteiger partial charge in [-0.15, -0.1) is 0 Å². The molecule has 130 valence electrons. The molecule has 1 aromatic carbocycles. The number of hydrogen-bond donors (Lipinski definition) is 1. The third-order valence-electron chi connectivity index (χ3n) is 3.30. The molecule has 0 aliphatic carbocycles. The molecular weight excluding hydrogens is 336 g/mol. The Bertz CT molecular complexity index is 902. The van der Waals surface area contributed by atoms with E-state index in [0.717, 1.165) is 6.20 Å². The van der Waals surface area contributed by atoms with E-state index in [9.17, 15) is 28.5 Å². The number of halogens is 2. The number of carbonyl (C=O) groups is 2. The van der Waals surface area contributed by atoms with Crippen molar-refractivity contribution in [2.24, 2.45) is 0 Å². The Labute approximate surface area is 140 Å². The molecule has 0 aliphatic rings. The number of Topliss-reactive ketones (excluding diaryl/α,β-unsaturated/α-hetero) is 1. The first kappa shape index (κ1) is 18.0. The molecule has 0 aliphatic heterocycles. The Morgan fingerprint density at radius 3 is 2.80 bits per heavy atom. The zero-order valence-electron chi connectivity index (χ0n) is 13.0. The third kappa shape index (κ3) is 4.34. The molecule has 2 aromatic rings. The molecule has 1 N–H and O–H groups in total. The molecular formula is C16H13F2N3O4. The lowest BCUT2D eigenvalue weighted by Crippen LogP contribution is -2.22. The molecule has 0 saturated heterocycles. The molecule has 0 radical (unpaired) electrons. The van der Waals surface area contributed by atoms with Crippen LogP contribution in [0.4, 0.5) is 8.78 Å². The average Bonchev–Trinajstić information content (AvgIpc) is 2.96. The summed E-state index contributed by atoms with van der Waals surface area (Å²) in [7, 11) is 1.38. The number of aromatic amines is 1. The highest BCUT2D eigenvalue weighted by atomic mass is 19.1. The van der Waals surface area contributed by atoms with Gasteiger partial charge in [-0.3, -0.25) is 19.7 Å². The maximum absolute atomic E-state index is 13.3. The normalized spacial score (nSPS) is 12.3. The van der Waals surface area contributed by atoms with Crippen molar-refractivity contribution in [3.63, 3.8) is 0 Å². The summed E-state index contributed by atoms with van der Waals surface area (Å²) in [5, 5.41) is 11.3. The summed E-state index contributed by atoms with van der Waals surface area (Å²) in [6, 6.07) is 3.95. The van der Waals surface area contributed by atoms with Crippen LogP contribution in [-0.4, -0.2) is 40.5 Å². The Kier molecular flexibility index (Phi) is 5.38. The van der Waals surface area contributed by atoms with Gasteiger partial charge in [0, 0.05) is 29.7 Å². The van der Waals surface area contributed by atoms with Crippen LogP contribution in [0.1, 0.15) is 10.4 Å². The van der Waals surface area contributed by atoms with Gasteiger partial charge < -0.3 is 9.88 Å². The number of hydrogen-bond acceptors (Lipinski definition) is 5. The summed E-state index contributed by atoms with van der Waals surface area (Å²) < 4.78 is 26.3. The molecule has 0 amide bonds. The van der Waals surface area contributed by atoms with Gasteiger partial charge in [0.2, 0.25) is 0 Å². The second-order valence-electron chi connectivity index (χ2n) is 5.19. The van der Waals surface area contributed by atoms with Crippen LogP contribution in [0.15, 0.2) is 48.2 Å². The smallest absolute Gasteiger partial charge is 0.288 e. The zero-order chi connectivity index (χ0) is 18.6. The fraction of sp³-hybridized carbons (Fsp3) is 0.125. The number of likely N-dealkylation sites (N-methyl/N-ethyl adjacent to an activating group) is 1. The number of nitro groups is 1. The van der Waals surface area contributed by atoms with E-state index in [0.29, 0.717) is 17.0 Å². The largest absolute Gasteiger partial charge is 0.367 e. The summed E-state index contributed by atoms with van der Waals surface area (Å²) in [5.41, 5.74) is 0.113. The summed E-state index contributed by atoms with van der Waals surface area (Å²) in [6.45, 7) is -0.267. The van der Waals surface area contributed by atoms with Gasteiger partial charge in [0.25, 0.3) is 5.70 Å². The summed E-state index contributed by atoms with van der Waals surface area (Å²) >= 11 is 0. The highest BCUT2D eigenvalue weighted by molar-refractivity contribution is 6.08. The molecule has 25 heavy (non-hydrogen) atoms. The van der Waals surface area contributed by atoms with Crippen molar-refractivity contribution in [2.75, 3.05) is 13.6 Å². The van der Waals surface area contributed by atoms with Crippen LogP contribution in [0.25, 0.3) is 10.9 Å². The van der Waals surface area contributed by atoms with Crippen LogP contribution in [0.5, 0.6) is 0 Å². The third-order valence-corrected chi connectivity index (χ3v) is 3.30. The first-order valence-electron chi connectivity index (χ1n) is 7.00. The van der Waals surface area contributed by atoms with Gasteiger partial charge in [-0.25, -0.2) is 8.78 Å². The molecule has 0 spiro atoms. The Hall–Kier alpha value is -3.36. The van der Waals surface area contributed by atoms with E-state index in [4.69, 9.17) is 0 Å². The first-order chi connectivity index (χ1) is 11.8. The highest BCUT2D eigenvalue weighted by Gasteiger charge is 2.16. The van der Waals surface area contributed by atoms with Gasteiger partial charge in [0.05, 0.1) is 23.7 Å². The van der Waals surface area contributed by atoms with Crippen molar-refractivity contribution < 1.29 is 23.3 Å². The molecule has 1 heterocycles. The van der Waals surface area contributed by atoms with Crippen molar-refractivity contribution in [1.29, 1.82) is 0 Å². The molecule has 0 atom stereocenters. The number of ketones is 1. The van der Waals surface area contributed by atoms with E-state index in [1.54, 1.807) is 0 Å². The van der Waals surface area contributed by atoms with Gasteiger partial charge >= 0.3 is 0 Å². The molecule has 9 heteroatoms. The fourth-order valence-electron chi connectivity index (χ4n) is 2.22. The zero-order valence-corrected chi connectivity index (χ0v) is 13.0. The summed E-state index contributed by atoms with van der Waals surface area (Å²) in [4.78, 5) is 36.6. The van der Waals surface area contributed by atoms with Crippen molar-refractivity contribution >= 4 is 23.0 Å². The number of aromatic nitrogens is 1. The van der Waals surface area contributed by atoms with E-state index in [2.05, 4.69) is 4.98 Å². The number of benzene rings is 1. The fourth-order valence-corrected chi connectivity index (χ4v) is 2.22. The minimum absolute atomic E-state index is 0.164. The molecule has 1 aromatic heterocycles. The highest BCUT2D eigenvalue weighted by Crippen LogP contribution is 2.20. The Morgan fingerprint density at radius 2 is 2.16 bits per heavy atom. The number of carbonyl (C=O) groups excluding carboxylic acids is 2. The first-order valence-corrected chi connectivity index (χ1v) is 7.00. The lowest BCUT2D eigenvalue weighted by molar-refractivity contribution is -0.420. The van der Waals surface area contributed by atoms with Crippen molar-refractivity contribution in [3.05, 3.63) is 69.7 Å². The van der Waals surface area contributed by atoms with Gasteiger partial charge in [-0.1, -0.05) is 0 Å². The number of nitrogens with zero attached hydrogens (tertiary/aromatic N) is 2. The lowest BCUT2D eigenvalue weighted by atomic mass is 10.1. The van der Waals surface area contributed by atoms with Crippen LogP contribution in [0, 0.1) is 15.9 Å². The van der Waals surface area contributed by atoms with Crippen LogP contribution in [0.3, 0.4) is 0 Å². The summed E-state index contributed by atoms with van der Waals surface area (Å²) in [5.74, 6) is -2.23. The molecule has 7 nitrogen and oxygen atoms in total. The standard InChI is InChI=1S/C16H13F2N3O4/c1-20(7-12(21(24)25)4-11(18)9-22)8-16(23)14-6-19-15-3-2-10(17)5-13(14)15/h2-7,9,19H,8H2,1H3/b11-4+,12-7+. The van der Waals surface area contributed by atoms with Crippen LogP contribution < -0.4 is 0 Å². The van der Waals surface area contributed by atoms with Gasteiger partial charge in [0.1, 0.15) is 5.82 Å². The van der Waals surface area contributed by atoms with Gasteiger partial charge in [-0.2, -0.15) is 0 Å². The quantitative estimate of drug-likeness (QED) is 0.207. The van der Waals surface area contributed by atoms with E-state index >= 15 is 0 Å². The van der Waals surface area contributed by atoms with Crippen molar-refractivity contribution in [2.45, 2.75) is 0 Å². The SMILES string of the molecule is CN(/C=C(\C=C(\F)C=O)[N+](=O)[O-])CC(=O)c1c[nH]c2ccc(F)cc12. The minimum Gasteiger partial charge on any atom is -0.367 e. The maximum atomic E-state index is 13.3. The minimum atomic E-state index is -1.31. The van der Waals surface area contributed by atoms with E-state index in [1.165, 1.54) is 36.3 Å². The number of rotatable bonds is 7. The molecule has 0 fully saturated rings. The van der Waals surface area contributed by atoms with Crippen LogP contribution in [0.2, 0.25) is 0 Å². The van der Waals surface area contributed by atoms with Gasteiger partial charge in [-0.05, 0) is 18.2 Å². The molecule has 0 saturated carbocycles. The monoisotopic (exact) mass is 349 g/mol. The second-order valence-corrected chi connectivity index (χ2v) is 5.19. The van der Waals surface area contributed by atoms with Gasteiger partial charge in [0.15, 0.2) is 17.9 Å². The second kappa shape index (κ2) is 7.47. The lowest BCUT2D eigenvalue weighted by Gasteiger charge is -2.12. The van der Waals surface area contributed by atoms with Crippen molar-refractivity contribution in [3.8, 4) is 0 Å². The Balaban J connectivity index is 2.23. The number of nitrogens with one attached hydrogen (secondary N) is 1. The Morgan fingerprint density at radius 1 is 1.44 bits per heavy atom. The van der Waals surface area contributed by atoms with Crippen LogP contribution >= 0.6 is 0 Å². The summed E-state index contributed by atoms with van der Waals surface area (Å²) in [6.07, 6.45) is 2.64. The number of H-pyrrole nitrogens is 1. The maximum Gasteiger partial charge on any atom is 0.288 e.